The fraction of sp³-hybridized carbons (Fsp3) is 0.385. The number of hydrogen-bond acceptors (Lipinski definition) is 0. The first-order chi connectivity index (χ1) is 6.24. The van der Waals surface area contributed by atoms with E-state index < -0.39 is 0 Å². The summed E-state index contributed by atoms with van der Waals surface area (Å²) < 4.78 is 0. The molecule has 0 aliphatic heterocycles. The largest absolute Gasteiger partial charge is 0.0686 e. The molecule has 0 aromatic rings. The predicted molar refractivity (Wildman–Crippen MR) is 55.4 cm³/mol. The number of allylic oxidation sites excluding steroid dienone is 8. The standard InChI is InChI=1S/C13H14/c1-8-3-10-7-11-4-9(2)6-13(11)12(10)5-8/h3-4H,5-7H2,1-2H3. The molecule has 0 bridgehead atoms. The summed E-state index contributed by atoms with van der Waals surface area (Å²) >= 11 is 0. The number of fused-ring (bicyclic) bond motifs is 1. The maximum atomic E-state index is 2.39. The molecule has 0 nitrogen and oxygen atoms in total. The maximum Gasteiger partial charge on any atom is -0.00199 e. The Balaban J connectivity index is 1.97. The van der Waals surface area contributed by atoms with Crippen LogP contribution in [0.25, 0.3) is 0 Å². The molecule has 0 unspecified atom stereocenters. The summed E-state index contributed by atoms with van der Waals surface area (Å²) in [5.74, 6) is 0. The molecule has 3 aliphatic carbocycles. The van der Waals surface area contributed by atoms with Crippen LogP contribution in [0.2, 0.25) is 0 Å². The second kappa shape index (κ2) is 2.25. The third-order valence-corrected chi connectivity index (χ3v) is 3.27. The molecule has 0 saturated heterocycles. The van der Waals surface area contributed by atoms with E-state index >= 15 is 0 Å². The summed E-state index contributed by atoms with van der Waals surface area (Å²) in [6.45, 7) is 4.49. The van der Waals surface area contributed by atoms with Crippen molar-refractivity contribution >= 4 is 0 Å². The SMILES string of the molecule is CC1=CC2=C(C1)C1=C(C=C(C)C1)C2. The van der Waals surface area contributed by atoms with Crippen molar-refractivity contribution < 1.29 is 0 Å². The van der Waals surface area contributed by atoms with Gasteiger partial charge in [0.25, 0.3) is 0 Å². The second-order valence-corrected chi connectivity index (χ2v) is 4.52. The van der Waals surface area contributed by atoms with E-state index in [0.717, 1.165) is 0 Å². The zero-order valence-electron chi connectivity index (χ0n) is 8.28. The summed E-state index contributed by atoms with van der Waals surface area (Å²) in [4.78, 5) is 0. The van der Waals surface area contributed by atoms with Gasteiger partial charge in [0.2, 0.25) is 0 Å². The van der Waals surface area contributed by atoms with Gasteiger partial charge in [-0.3, -0.25) is 0 Å². The fourth-order valence-electron chi connectivity index (χ4n) is 2.78. The van der Waals surface area contributed by atoms with Gasteiger partial charge in [-0.2, -0.15) is 0 Å². The molecule has 3 rings (SSSR count). The van der Waals surface area contributed by atoms with Crippen molar-refractivity contribution in [1.82, 2.24) is 0 Å². The van der Waals surface area contributed by atoms with Gasteiger partial charge in [0.05, 0.1) is 0 Å². The Bertz CT molecular complexity index is 371. The molecule has 3 aliphatic rings. The highest BCUT2D eigenvalue weighted by molar-refractivity contribution is 5.63. The monoisotopic (exact) mass is 170 g/mol. The average Bonchev–Trinajstić information content (AvgIpc) is 2.60. The van der Waals surface area contributed by atoms with Gasteiger partial charge in [-0.1, -0.05) is 23.3 Å². The van der Waals surface area contributed by atoms with Crippen LogP contribution in [-0.4, -0.2) is 0 Å². The molecule has 0 fully saturated rings. The summed E-state index contributed by atoms with van der Waals surface area (Å²) in [6.07, 6.45) is 8.41. The molecular weight excluding hydrogens is 156 g/mol. The zero-order chi connectivity index (χ0) is 9.00. The first kappa shape index (κ1) is 7.37. The molecule has 0 N–H and O–H groups in total. The van der Waals surface area contributed by atoms with Crippen LogP contribution in [-0.2, 0) is 0 Å². The lowest BCUT2D eigenvalue weighted by Crippen LogP contribution is -1.85. The van der Waals surface area contributed by atoms with Crippen LogP contribution in [0.15, 0.2) is 45.6 Å². The lowest BCUT2D eigenvalue weighted by molar-refractivity contribution is 1.09. The highest BCUT2D eigenvalue weighted by Gasteiger charge is 2.28. The maximum absolute atomic E-state index is 2.39. The molecule has 0 aromatic heterocycles. The normalized spacial score (nSPS) is 25.1. The Morgan fingerprint density at radius 2 is 1.23 bits per heavy atom. The average molecular weight is 170 g/mol. The molecule has 0 amide bonds. The van der Waals surface area contributed by atoms with Crippen molar-refractivity contribution in [3.8, 4) is 0 Å². The lowest BCUT2D eigenvalue weighted by atomic mass is 10.0. The minimum Gasteiger partial charge on any atom is -0.0686 e. The van der Waals surface area contributed by atoms with E-state index in [1.54, 1.807) is 33.4 Å². The van der Waals surface area contributed by atoms with Crippen molar-refractivity contribution in [3.05, 3.63) is 45.6 Å². The van der Waals surface area contributed by atoms with Gasteiger partial charge >= 0.3 is 0 Å². The van der Waals surface area contributed by atoms with E-state index in [9.17, 15) is 0 Å². The third-order valence-electron chi connectivity index (χ3n) is 3.27. The van der Waals surface area contributed by atoms with Crippen LogP contribution in [0.3, 0.4) is 0 Å². The highest BCUT2D eigenvalue weighted by atomic mass is 14.3. The van der Waals surface area contributed by atoms with Crippen molar-refractivity contribution in [2.45, 2.75) is 33.1 Å². The van der Waals surface area contributed by atoms with Crippen LogP contribution in [0, 0.1) is 0 Å². The van der Waals surface area contributed by atoms with E-state index in [1.807, 2.05) is 0 Å². The molecule has 0 heterocycles. The topological polar surface area (TPSA) is 0 Å². The minimum atomic E-state index is 1.21. The Kier molecular flexibility index (Phi) is 1.28. The second-order valence-electron chi connectivity index (χ2n) is 4.52. The molecule has 66 valence electrons. The van der Waals surface area contributed by atoms with Crippen molar-refractivity contribution in [2.24, 2.45) is 0 Å². The summed E-state index contributed by atoms with van der Waals surface area (Å²) in [6, 6.07) is 0. The van der Waals surface area contributed by atoms with Gasteiger partial charge < -0.3 is 0 Å². The quantitative estimate of drug-likeness (QED) is 0.520. The summed E-state index contributed by atoms with van der Waals surface area (Å²) in [5.41, 5.74) is 9.60. The zero-order valence-corrected chi connectivity index (χ0v) is 8.28. The predicted octanol–water partition coefficient (Wildman–Crippen LogP) is 3.68. The fourth-order valence-corrected chi connectivity index (χ4v) is 2.78. The van der Waals surface area contributed by atoms with Crippen molar-refractivity contribution in [1.29, 1.82) is 0 Å². The number of hydrogen-bond donors (Lipinski definition) is 0. The van der Waals surface area contributed by atoms with Crippen LogP contribution in [0.1, 0.15) is 33.1 Å². The van der Waals surface area contributed by atoms with Gasteiger partial charge in [0, 0.05) is 0 Å². The Hall–Kier alpha value is -1.04. The Morgan fingerprint density at radius 3 is 1.69 bits per heavy atom. The van der Waals surface area contributed by atoms with Crippen LogP contribution in [0.4, 0.5) is 0 Å². The van der Waals surface area contributed by atoms with E-state index in [0.29, 0.717) is 0 Å². The van der Waals surface area contributed by atoms with E-state index in [-0.39, 0.29) is 0 Å². The Labute approximate surface area is 79.3 Å². The molecular formula is C13H14. The minimum absolute atomic E-state index is 1.21. The van der Waals surface area contributed by atoms with Gasteiger partial charge in [0.1, 0.15) is 0 Å². The molecule has 0 saturated carbocycles. The van der Waals surface area contributed by atoms with E-state index in [4.69, 9.17) is 0 Å². The summed E-state index contributed by atoms with van der Waals surface area (Å²) in [5, 5.41) is 0. The first-order valence-corrected chi connectivity index (χ1v) is 5.03. The van der Waals surface area contributed by atoms with E-state index in [1.165, 1.54) is 19.3 Å². The highest BCUT2D eigenvalue weighted by Crippen LogP contribution is 2.47. The van der Waals surface area contributed by atoms with Crippen LogP contribution in [0.5, 0.6) is 0 Å². The number of rotatable bonds is 0. The molecule has 0 spiro atoms. The molecule has 13 heavy (non-hydrogen) atoms. The first-order valence-electron chi connectivity index (χ1n) is 5.03. The van der Waals surface area contributed by atoms with Gasteiger partial charge in [-0.15, -0.1) is 0 Å². The molecule has 0 atom stereocenters. The van der Waals surface area contributed by atoms with Crippen molar-refractivity contribution in [2.75, 3.05) is 0 Å². The summed E-state index contributed by atoms with van der Waals surface area (Å²) in [7, 11) is 0. The van der Waals surface area contributed by atoms with Crippen molar-refractivity contribution in [3.63, 3.8) is 0 Å². The smallest absolute Gasteiger partial charge is 0.00199 e. The third kappa shape index (κ3) is 0.918. The molecule has 0 radical (unpaired) electrons. The van der Waals surface area contributed by atoms with Gasteiger partial charge in [-0.05, 0) is 55.4 Å². The van der Waals surface area contributed by atoms with Crippen LogP contribution < -0.4 is 0 Å². The van der Waals surface area contributed by atoms with Crippen LogP contribution >= 0.6 is 0 Å². The van der Waals surface area contributed by atoms with Gasteiger partial charge in [-0.25, -0.2) is 0 Å². The lowest BCUT2D eigenvalue weighted by Gasteiger charge is -2.03. The molecule has 0 heteroatoms. The van der Waals surface area contributed by atoms with Gasteiger partial charge in [0.15, 0.2) is 0 Å². The molecule has 0 aromatic carbocycles. The van der Waals surface area contributed by atoms with E-state index in [2.05, 4.69) is 26.0 Å². The Morgan fingerprint density at radius 1 is 0.769 bits per heavy atom.